The van der Waals surface area contributed by atoms with Gasteiger partial charge < -0.3 is 9.73 Å². The van der Waals surface area contributed by atoms with E-state index in [2.05, 4.69) is 5.32 Å². The maximum absolute atomic E-state index is 12.5. The molecule has 7 nitrogen and oxygen atoms in total. The van der Waals surface area contributed by atoms with Crippen LogP contribution in [0.4, 0.5) is 11.4 Å². The maximum Gasteiger partial charge on any atom is 0.271 e. The summed E-state index contributed by atoms with van der Waals surface area (Å²) in [5.74, 6) is 0.0409. The minimum absolute atomic E-state index is 0.171. The number of rotatable bonds is 5. The molecule has 0 radical (unpaired) electrons. The smallest absolute Gasteiger partial charge is 0.271 e. The highest BCUT2D eigenvalue weighted by Crippen LogP contribution is 2.30. The molecular weight excluding hydrogens is 429 g/mol. The minimum Gasteiger partial charge on any atom is -0.457 e. The molecule has 0 saturated heterocycles. The van der Waals surface area contributed by atoms with Crippen molar-refractivity contribution in [3.8, 4) is 17.4 Å². The number of nitrogens with one attached hydrogen (secondary N) is 1. The summed E-state index contributed by atoms with van der Waals surface area (Å²) < 4.78 is 5.67. The van der Waals surface area contributed by atoms with Gasteiger partial charge in [-0.1, -0.05) is 29.3 Å². The number of amides is 1. The predicted molar refractivity (Wildman–Crippen MR) is 114 cm³/mol. The summed E-state index contributed by atoms with van der Waals surface area (Å²) in [6.07, 6.45) is 1.28. The molecular formula is C21H13Cl2N3O4. The van der Waals surface area contributed by atoms with Crippen LogP contribution in [0.15, 0.2) is 58.5 Å². The third-order valence-electron chi connectivity index (χ3n) is 4.16. The molecule has 0 aliphatic carbocycles. The first kappa shape index (κ1) is 21.1. The number of nitro groups is 1. The van der Waals surface area contributed by atoms with Crippen molar-refractivity contribution < 1.29 is 14.1 Å². The van der Waals surface area contributed by atoms with Gasteiger partial charge in [0.15, 0.2) is 0 Å². The van der Waals surface area contributed by atoms with Gasteiger partial charge in [0.2, 0.25) is 0 Å². The van der Waals surface area contributed by atoms with Crippen molar-refractivity contribution >= 4 is 46.6 Å². The standard InChI is InChI=1S/C21H13Cl2N3O4/c1-12-2-4-15(26(28)29)10-19(12)25-21(27)14(11-24)8-16-5-7-20(30-16)13-3-6-17(22)18(23)9-13/h2-10H,1H3,(H,25,27)/b14-8+. The van der Waals surface area contributed by atoms with Crippen molar-refractivity contribution in [3.05, 3.63) is 85.6 Å². The molecule has 150 valence electrons. The van der Waals surface area contributed by atoms with E-state index in [0.717, 1.165) is 0 Å². The lowest BCUT2D eigenvalue weighted by molar-refractivity contribution is -0.384. The summed E-state index contributed by atoms with van der Waals surface area (Å²) in [6, 6.07) is 14.2. The molecule has 1 aromatic heterocycles. The van der Waals surface area contributed by atoms with E-state index in [9.17, 15) is 20.2 Å². The third-order valence-corrected chi connectivity index (χ3v) is 4.90. The summed E-state index contributed by atoms with van der Waals surface area (Å²) in [7, 11) is 0. The topological polar surface area (TPSA) is 109 Å². The van der Waals surface area contributed by atoms with Crippen LogP contribution in [0.5, 0.6) is 0 Å². The van der Waals surface area contributed by atoms with E-state index < -0.39 is 10.8 Å². The van der Waals surface area contributed by atoms with Gasteiger partial charge >= 0.3 is 0 Å². The van der Waals surface area contributed by atoms with E-state index >= 15 is 0 Å². The van der Waals surface area contributed by atoms with Gasteiger partial charge in [0.1, 0.15) is 23.2 Å². The highest BCUT2D eigenvalue weighted by molar-refractivity contribution is 6.42. The Morgan fingerprint density at radius 1 is 1.17 bits per heavy atom. The zero-order valence-corrected chi connectivity index (χ0v) is 17.0. The Kier molecular flexibility index (Phi) is 6.21. The molecule has 0 bridgehead atoms. The molecule has 0 saturated carbocycles. The van der Waals surface area contributed by atoms with Gasteiger partial charge in [-0.25, -0.2) is 0 Å². The molecule has 1 heterocycles. The van der Waals surface area contributed by atoms with Gasteiger partial charge in [-0.15, -0.1) is 0 Å². The van der Waals surface area contributed by atoms with Crippen LogP contribution >= 0.6 is 23.2 Å². The summed E-state index contributed by atoms with van der Waals surface area (Å²) in [6.45, 7) is 1.69. The van der Waals surface area contributed by atoms with Crippen LogP contribution in [-0.2, 0) is 4.79 Å². The second-order valence-corrected chi connectivity index (χ2v) is 7.03. The van der Waals surface area contributed by atoms with Gasteiger partial charge in [-0.2, -0.15) is 5.26 Å². The molecule has 0 spiro atoms. The van der Waals surface area contributed by atoms with Crippen LogP contribution in [0.1, 0.15) is 11.3 Å². The molecule has 3 aromatic rings. The number of anilines is 1. The number of non-ortho nitro benzene ring substituents is 1. The second kappa shape index (κ2) is 8.82. The Morgan fingerprint density at radius 2 is 1.93 bits per heavy atom. The minimum atomic E-state index is -0.714. The fourth-order valence-corrected chi connectivity index (χ4v) is 2.87. The van der Waals surface area contributed by atoms with Gasteiger partial charge in [0, 0.05) is 23.8 Å². The first-order chi connectivity index (χ1) is 14.3. The van der Waals surface area contributed by atoms with Gasteiger partial charge in [0.05, 0.1) is 20.7 Å². The van der Waals surface area contributed by atoms with E-state index in [1.807, 2.05) is 6.07 Å². The lowest BCUT2D eigenvalue weighted by Gasteiger charge is -2.07. The number of nitrogens with zero attached hydrogens (tertiary/aromatic N) is 2. The van der Waals surface area contributed by atoms with E-state index in [4.69, 9.17) is 27.6 Å². The highest BCUT2D eigenvalue weighted by Gasteiger charge is 2.15. The van der Waals surface area contributed by atoms with Crippen LogP contribution in [0.3, 0.4) is 0 Å². The lowest BCUT2D eigenvalue weighted by Crippen LogP contribution is -2.14. The molecule has 0 aliphatic heterocycles. The van der Waals surface area contributed by atoms with Crippen LogP contribution in [0.2, 0.25) is 10.0 Å². The van der Waals surface area contributed by atoms with Gasteiger partial charge in [0.25, 0.3) is 11.6 Å². The second-order valence-electron chi connectivity index (χ2n) is 6.21. The van der Waals surface area contributed by atoms with Crippen molar-refractivity contribution in [2.45, 2.75) is 6.92 Å². The average molecular weight is 442 g/mol. The fourth-order valence-electron chi connectivity index (χ4n) is 2.57. The van der Waals surface area contributed by atoms with E-state index in [1.54, 1.807) is 37.3 Å². The van der Waals surface area contributed by atoms with Gasteiger partial charge in [-0.3, -0.25) is 14.9 Å². The molecule has 2 aromatic carbocycles. The molecule has 0 aliphatic rings. The average Bonchev–Trinajstić information content (AvgIpc) is 3.18. The maximum atomic E-state index is 12.5. The summed E-state index contributed by atoms with van der Waals surface area (Å²) >= 11 is 11.9. The molecule has 9 heteroatoms. The number of nitriles is 1. The SMILES string of the molecule is Cc1ccc([N+](=O)[O-])cc1NC(=O)/C(C#N)=C/c1ccc(-c2ccc(Cl)c(Cl)c2)o1. The molecule has 1 amide bonds. The zero-order valence-electron chi connectivity index (χ0n) is 15.5. The van der Waals surface area contributed by atoms with Crippen molar-refractivity contribution in [2.24, 2.45) is 0 Å². The Labute approximate surface area is 181 Å². The van der Waals surface area contributed by atoms with Crippen LogP contribution in [0, 0.1) is 28.4 Å². The van der Waals surface area contributed by atoms with Crippen LogP contribution < -0.4 is 5.32 Å². The Hall–Kier alpha value is -3.60. The van der Waals surface area contributed by atoms with E-state index in [-0.39, 0.29) is 22.7 Å². The normalized spacial score (nSPS) is 11.1. The molecule has 0 fully saturated rings. The van der Waals surface area contributed by atoms with E-state index in [1.165, 1.54) is 24.3 Å². The fraction of sp³-hybridized carbons (Fsp3) is 0.0476. The number of benzene rings is 2. The van der Waals surface area contributed by atoms with Gasteiger partial charge in [-0.05, 0) is 42.8 Å². The van der Waals surface area contributed by atoms with Crippen molar-refractivity contribution in [1.29, 1.82) is 5.26 Å². The third kappa shape index (κ3) is 4.69. The highest BCUT2D eigenvalue weighted by atomic mass is 35.5. The number of aryl methyl sites for hydroxylation is 1. The van der Waals surface area contributed by atoms with Crippen molar-refractivity contribution in [3.63, 3.8) is 0 Å². The van der Waals surface area contributed by atoms with E-state index in [0.29, 0.717) is 26.9 Å². The molecule has 30 heavy (non-hydrogen) atoms. The number of nitro benzene ring substituents is 1. The Morgan fingerprint density at radius 3 is 2.60 bits per heavy atom. The zero-order chi connectivity index (χ0) is 21.8. The van der Waals surface area contributed by atoms with Crippen LogP contribution in [0.25, 0.3) is 17.4 Å². The largest absolute Gasteiger partial charge is 0.457 e. The van der Waals surface area contributed by atoms with Crippen molar-refractivity contribution in [1.82, 2.24) is 0 Å². The summed E-state index contributed by atoms with van der Waals surface area (Å²) in [5.41, 5.74) is 1.14. The summed E-state index contributed by atoms with van der Waals surface area (Å²) in [5, 5.41) is 23.6. The predicted octanol–water partition coefficient (Wildman–Crippen LogP) is 6.02. The number of carbonyl (C=O) groups excluding carboxylic acids is 1. The number of halogens is 2. The number of hydrogen-bond acceptors (Lipinski definition) is 5. The number of carbonyl (C=O) groups is 1. The lowest BCUT2D eigenvalue weighted by atomic mass is 10.1. The van der Waals surface area contributed by atoms with Crippen molar-refractivity contribution in [2.75, 3.05) is 5.32 Å². The Bertz CT molecular complexity index is 1230. The number of furan rings is 1. The summed E-state index contributed by atoms with van der Waals surface area (Å²) in [4.78, 5) is 22.9. The first-order valence-electron chi connectivity index (χ1n) is 8.52. The molecule has 0 atom stereocenters. The van der Waals surface area contributed by atoms with Crippen LogP contribution in [-0.4, -0.2) is 10.8 Å². The quantitative estimate of drug-likeness (QED) is 0.225. The monoisotopic (exact) mass is 441 g/mol. The molecule has 3 rings (SSSR count). The number of hydrogen-bond donors (Lipinski definition) is 1. The Balaban J connectivity index is 1.84. The molecule has 0 unspecified atom stereocenters. The first-order valence-corrected chi connectivity index (χ1v) is 9.27. The molecule has 1 N–H and O–H groups in total.